The molecule has 0 N–H and O–H groups in total. The van der Waals surface area contributed by atoms with E-state index in [-0.39, 0.29) is 0 Å². The zero-order valence-corrected chi connectivity index (χ0v) is 9.06. The maximum absolute atomic E-state index is 2.37. The van der Waals surface area contributed by atoms with Crippen LogP contribution in [0.3, 0.4) is 0 Å². The summed E-state index contributed by atoms with van der Waals surface area (Å²) in [7, 11) is 0. The highest BCUT2D eigenvalue weighted by Gasteiger charge is 2.31. The third-order valence-electron chi connectivity index (χ3n) is 3.86. The molecule has 3 atom stereocenters. The fourth-order valence-electron chi connectivity index (χ4n) is 3.04. The minimum absolute atomic E-state index is 0.650. The Morgan fingerprint density at radius 2 is 1.80 bits per heavy atom. The van der Waals surface area contributed by atoms with E-state index in [1.807, 2.05) is 0 Å². The summed E-state index contributed by atoms with van der Waals surface area (Å²) >= 11 is 0. The lowest BCUT2D eigenvalue weighted by atomic mass is 9.68. The van der Waals surface area contributed by atoms with Crippen LogP contribution in [0.25, 0.3) is 0 Å². The van der Waals surface area contributed by atoms with Gasteiger partial charge in [0, 0.05) is 11.8 Å². The summed E-state index contributed by atoms with van der Waals surface area (Å²) in [5, 5.41) is 0. The Balaban J connectivity index is 2.06. The number of hydrogen-bond acceptors (Lipinski definition) is 0. The maximum atomic E-state index is 2.37. The molecule has 0 aromatic carbocycles. The molecular formula is C15H16. The zero-order chi connectivity index (χ0) is 10.3. The van der Waals surface area contributed by atoms with Crippen molar-refractivity contribution in [2.75, 3.05) is 0 Å². The van der Waals surface area contributed by atoms with Gasteiger partial charge in [-0.3, -0.25) is 0 Å². The highest BCUT2D eigenvalue weighted by molar-refractivity contribution is 5.42. The van der Waals surface area contributed by atoms with E-state index in [2.05, 4.69) is 55.5 Å². The number of rotatable bonds is 0. The molecule has 0 heteroatoms. The minimum Gasteiger partial charge on any atom is -0.0805 e. The second kappa shape index (κ2) is 3.37. The fraction of sp³-hybridized carbons (Fsp3) is 0.333. The molecule has 0 radical (unpaired) electrons. The standard InChI is InChI=1S/C15H16/c1-11-14-8-4-2-6-12(14)10-13-7-3-5-9-15(11)13/h2-9,12-14H,10H2,1H3. The molecule has 3 unspecified atom stereocenters. The van der Waals surface area contributed by atoms with Crippen LogP contribution < -0.4 is 0 Å². The molecule has 0 nitrogen and oxygen atoms in total. The monoisotopic (exact) mass is 196 g/mol. The Kier molecular flexibility index (Phi) is 2.02. The van der Waals surface area contributed by atoms with Crippen LogP contribution in [0.4, 0.5) is 0 Å². The van der Waals surface area contributed by atoms with Gasteiger partial charge in [-0.25, -0.2) is 0 Å². The topological polar surface area (TPSA) is 0 Å². The second-order valence-electron chi connectivity index (χ2n) is 4.68. The Hall–Kier alpha value is -1.30. The molecular weight excluding hydrogens is 180 g/mol. The van der Waals surface area contributed by atoms with E-state index in [1.54, 1.807) is 11.1 Å². The molecule has 3 aliphatic carbocycles. The highest BCUT2D eigenvalue weighted by Crippen LogP contribution is 2.43. The van der Waals surface area contributed by atoms with Crippen molar-refractivity contribution in [1.82, 2.24) is 0 Å². The van der Waals surface area contributed by atoms with Crippen molar-refractivity contribution < 1.29 is 0 Å². The number of allylic oxidation sites excluding steroid dienone is 10. The molecule has 0 saturated heterocycles. The van der Waals surface area contributed by atoms with Gasteiger partial charge in [0.2, 0.25) is 0 Å². The SMILES string of the molecule is CC1=C2C=CC=CC2CC2C=CC=CC12. The van der Waals surface area contributed by atoms with Crippen LogP contribution in [0.15, 0.2) is 59.8 Å². The average Bonchev–Trinajstić information content (AvgIpc) is 2.30. The van der Waals surface area contributed by atoms with E-state index in [0.29, 0.717) is 11.8 Å². The summed E-state index contributed by atoms with van der Waals surface area (Å²) in [4.78, 5) is 0. The van der Waals surface area contributed by atoms with Gasteiger partial charge in [-0.2, -0.15) is 0 Å². The van der Waals surface area contributed by atoms with Gasteiger partial charge in [0.15, 0.2) is 0 Å². The molecule has 0 heterocycles. The smallest absolute Gasteiger partial charge is 0.00464 e. The summed E-state index contributed by atoms with van der Waals surface area (Å²) < 4.78 is 0. The van der Waals surface area contributed by atoms with Crippen molar-refractivity contribution in [3.8, 4) is 0 Å². The molecule has 0 amide bonds. The van der Waals surface area contributed by atoms with E-state index < -0.39 is 0 Å². The normalized spacial score (nSPS) is 36.7. The van der Waals surface area contributed by atoms with Gasteiger partial charge < -0.3 is 0 Å². The van der Waals surface area contributed by atoms with Crippen LogP contribution >= 0.6 is 0 Å². The first kappa shape index (κ1) is 8.96. The summed E-state index contributed by atoms with van der Waals surface area (Å²) in [5.41, 5.74) is 3.12. The molecule has 76 valence electrons. The van der Waals surface area contributed by atoms with Crippen molar-refractivity contribution in [2.45, 2.75) is 13.3 Å². The fourth-order valence-corrected chi connectivity index (χ4v) is 3.04. The molecule has 0 aromatic heterocycles. The predicted octanol–water partition coefficient (Wildman–Crippen LogP) is 3.81. The van der Waals surface area contributed by atoms with Gasteiger partial charge in [-0.15, -0.1) is 0 Å². The molecule has 0 fully saturated rings. The second-order valence-corrected chi connectivity index (χ2v) is 4.68. The highest BCUT2D eigenvalue weighted by atomic mass is 14.4. The van der Waals surface area contributed by atoms with Crippen LogP contribution in [0, 0.1) is 17.8 Å². The van der Waals surface area contributed by atoms with E-state index >= 15 is 0 Å². The van der Waals surface area contributed by atoms with Crippen LogP contribution in [-0.4, -0.2) is 0 Å². The van der Waals surface area contributed by atoms with Crippen LogP contribution in [-0.2, 0) is 0 Å². The average molecular weight is 196 g/mol. The van der Waals surface area contributed by atoms with Gasteiger partial charge in [0.25, 0.3) is 0 Å². The lowest BCUT2D eigenvalue weighted by Crippen LogP contribution is -2.25. The Bertz CT molecular complexity index is 415. The molecule has 0 spiro atoms. The predicted molar refractivity (Wildman–Crippen MR) is 64.3 cm³/mol. The summed E-state index contributed by atoms with van der Waals surface area (Å²) in [5.74, 6) is 2.03. The van der Waals surface area contributed by atoms with E-state index in [0.717, 1.165) is 5.92 Å². The number of fused-ring (bicyclic) bond motifs is 2. The van der Waals surface area contributed by atoms with Crippen LogP contribution in [0.2, 0.25) is 0 Å². The lowest BCUT2D eigenvalue weighted by molar-refractivity contribution is 0.415. The summed E-state index contributed by atoms with van der Waals surface area (Å²) in [6.07, 6.45) is 19.4. The van der Waals surface area contributed by atoms with Gasteiger partial charge in [0.05, 0.1) is 0 Å². The van der Waals surface area contributed by atoms with Crippen LogP contribution in [0.1, 0.15) is 13.3 Å². The Morgan fingerprint density at radius 3 is 2.73 bits per heavy atom. The molecule has 3 rings (SSSR count). The molecule has 15 heavy (non-hydrogen) atoms. The first-order valence-electron chi connectivity index (χ1n) is 5.77. The third-order valence-corrected chi connectivity index (χ3v) is 3.86. The van der Waals surface area contributed by atoms with Gasteiger partial charge in [-0.1, -0.05) is 54.2 Å². The Labute approximate surface area is 91.4 Å². The first-order valence-corrected chi connectivity index (χ1v) is 5.77. The van der Waals surface area contributed by atoms with Gasteiger partial charge in [-0.05, 0) is 24.8 Å². The lowest BCUT2D eigenvalue weighted by Gasteiger charge is -2.36. The van der Waals surface area contributed by atoms with Gasteiger partial charge >= 0.3 is 0 Å². The van der Waals surface area contributed by atoms with Crippen LogP contribution in [0.5, 0.6) is 0 Å². The summed E-state index contributed by atoms with van der Waals surface area (Å²) in [6.45, 7) is 2.30. The third kappa shape index (κ3) is 1.36. The van der Waals surface area contributed by atoms with Crippen molar-refractivity contribution >= 4 is 0 Å². The van der Waals surface area contributed by atoms with Crippen molar-refractivity contribution in [1.29, 1.82) is 0 Å². The molecule has 0 aromatic rings. The maximum Gasteiger partial charge on any atom is 0.00464 e. The number of hydrogen-bond donors (Lipinski definition) is 0. The van der Waals surface area contributed by atoms with E-state index in [9.17, 15) is 0 Å². The molecule has 0 aliphatic heterocycles. The van der Waals surface area contributed by atoms with Crippen molar-refractivity contribution in [2.24, 2.45) is 17.8 Å². The summed E-state index contributed by atoms with van der Waals surface area (Å²) in [6, 6.07) is 0. The van der Waals surface area contributed by atoms with E-state index in [4.69, 9.17) is 0 Å². The molecule has 3 aliphatic rings. The van der Waals surface area contributed by atoms with E-state index in [1.165, 1.54) is 6.42 Å². The largest absolute Gasteiger partial charge is 0.0805 e. The Morgan fingerprint density at radius 1 is 1.00 bits per heavy atom. The minimum atomic E-state index is 0.650. The van der Waals surface area contributed by atoms with Gasteiger partial charge in [0.1, 0.15) is 0 Å². The zero-order valence-electron chi connectivity index (χ0n) is 9.06. The van der Waals surface area contributed by atoms with Crippen molar-refractivity contribution in [3.63, 3.8) is 0 Å². The molecule has 0 saturated carbocycles. The van der Waals surface area contributed by atoms with Crippen molar-refractivity contribution in [3.05, 3.63) is 59.8 Å². The molecule has 0 bridgehead atoms. The first-order chi connectivity index (χ1) is 7.36. The quantitative estimate of drug-likeness (QED) is 0.552.